The predicted molar refractivity (Wildman–Crippen MR) is 145 cm³/mol. The van der Waals surface area contributed by atoms with Crippen molar-refractivity contribution in [2.75, 3.05) is 31.3 Å². The SMILES string of the molecule is Nc1nc(C(=NOCCF)C(=O)N[C@@H]2C(=O)N3CC(Sc4ccnn4-c4ccccc4)(C(=O)O)CS[C@H]23)cs1. The van der Waals surface area contributed by atoms with Crippen molar-refractivity contribution in [2.45, 2.75) is 21.2 Å². The van der Waals surface area contributed by atoms with E-state index in [1.54, 1.807) is 16.9 Å². The molecule has 16 heteroatoms. The number of hydrogen-bond donors (Lipinski definition) is 3. The molecule has 4 N–H and O–H groups in total. The van der Waals surface area contributed by atoms with Crippen molar-refractivity contribution >= 4 is 63.5 Å². The second-order valence-electron chi connectivity index (χ2n) is 8.47. The van der Waals surface area contributed by atoms with Gasteiger partial charge in [0.05, 0.1) is 11.9 Å². The van der Waals surface area contributed by atoms with Crippen LogP contribution in [-0.2, 0) is 19.2 Å². The lowest BCUT2D eigenvalue weighted by atomic mass is 10.0. The smallest absolute Gasteiger partial charge is 0.322 e. The molecule has 1 aromatic carbocycles. The number of aliphatic carboxylic acids is 1. The number of fused-ring (bicyclic) bond motifs is 1. The molecule has 1 unspecified atom stereocenters. The van der Waals surface area contributed by atoms with Crippen LogP contribution in [-0.4, -0.2) is 90.0 Å². The van der Waals surface area contributed by atoms with Crippen molar-refractivity contribution in [3.63, 3.8) is 0 Å². The zero-order valence-corrected chi connectivity index (χ0v) is 22.5. The molecule has 3 atom stereocenters. The highest BCUT2D eigenvalue weighted by molar-refractivity contribution is 8.05. The molecule has 204 valence electrons. The zero-order valence-electron chi connectivity index (χ0n) is 20.1. The molecule has 2 aromatic heterocycles. The van der Waals surface area contributed by atoms with Gasteiger partial charge in [0, 0.05) is 17.7 Å². The molecular formula is C23H22FN7O5S3. The number of carboxylic acid groups (broad SMARTS) is 1. The summed E-state index contributed by atoms with van der Waals surface area (Å²) in [6.45, 7) is -1.22. The van der Waals surface area contributed by atoms with Crippen LogP contribution >= 0.6 is 34.9 Å². The molecule has 0 saturated carbocycles. The number of nitrogens with one attached hydrogen (secondary N) is 1. The number of carbonyl (C=O) groups is 3. The maximum Gasteiger partial charge on any atom is 0.322 e. The van der Waals surface area contributed by atoms with E-state index in [1.807, 2.05) is 30.3 Å². The zero-order chi connectivity index (χ0) is 27.6. The molecule has 0 bridgehead atoms. The van der Waals surface area contributed by atoms with Crippen LogP contribution in [0.2, 0.25) is 0 Å². The summed E-state index contributed by atoms with van der Waals surface area (Å²) in [5.41, 5.74) is 6.33. The standard InChI is InChI=1S/C23H22FN7O5S3/c24-7-9-36-29-16(14-10-37-22(25)27-14)18(32)28-17-19(33)30-11-23(21(34)35,12-38-20(17)30)39-15-6-8-26-31(15)13-4-2-1-3-5-13/h1-6,8,10,17,20H,7,9,11-12H2,(H2,25,27)(H,28,32)(H,34,35)/t17-,20-,23?/m1/s1. The maximum absolute atomic E-state index is 13.1. The molecule has 2 fully saturated rings. The van der Waals surface area contributed by atoms with Gasteiger partial charge in [0.15, 0.2) is 10.8 Å². The summed E-state index contributed by atoms with van der Waals surface area (Å²) in [6.07, 6.45) is 1.59. The van der Waals surface area contributed by atoms with Crippen molar-refractivity contribution in [2.24, 2.45) is 5.16 Å². The van der Waals surface area contributed by atoms with E-state index in [0.717, 1.165) is 28.8 Å². The van der Waals surface area contributed by atoms with Gasteiger partial charge < -0.3 is 25.9 Å². The Kier molecular flexibility index (Phi) is 7.76. The number of thiazole rings is 1. The van der Waals surface area contributed by atoms with E-state index in [4.69, 9.17) is 10.6 Å². The number of benzene rings is 1. The van der Waals surface area contributed by atoms with Gasteiger partial charge in [0.25, 0.3) is 5.91 Å². The van der Waals surface area contributed by atoms with Crippen molar-refractivity contribution in [3.05, 3.63) is 53.7 Å². The van der Waals surface area contributed by atoms with Crippen LogP contribution in [0.4, 0.5) is 9.52 Å². The second-order valence-corrected chi connectivity index (χ2v) is 11.9. The van der Waals surface area contributed by atoms with E-state index in [9.17, 15) is 23.9 Å². The Bertz CT molecular complexity index is 1420. The van der Waals surface area contributed by atoms with Crippen molar-refractivity contribution in [3.8, 4) is 5.69 Å². The fourth-order valence-electron chi connectivity index (χ4n) is 4.07. The highest BCUT2D eigenvalue weighted by Gasteiger charge is 2.58. The number of para-hydroxylation sites is 1. The Labute approximate surface area is 233 Å². The summed E-state index contributed by atoms with van der Waals surface area (Å²) in [7, 11) is 0. The number of hydrogen-bond acceptors (Lipinski definition) is 11. The van der Waals surface area contributed by atoms with Gasteiger partial charge >= 0.3 is 5.97 Å². The van der Waals surface area contributed by atoms with E-state index in [1.165, 1.54) is 22.0 Å². The van der Waals surface area contributed by atoms with Crippen molar-refractivity contribution in [1.82, 2.24) is 25.0 Å². The lowest BCUT2D eigenvalue weighted by Crippen LogP contribution is -2.74. The summed E-state index contributed by atoms with van der Waals surface area (Å²) in [6, 6.07) is 10.1. The molecule has 2 aliphatic rings. The number of carboxylic acids is 1. The highest BCUT2D eigenvalue weighted by atomic mass is 32.2. The first-order valence-corrected chi connectivity index (χ1v) is 14.3. The largest absolute Gasteiger partial charge is 0.480 e. The van der Waals surface area contributed by atoms with E-state index < -0.39 is 40.6 Å². The van der Waals surface area contributed by atoms with Crippen LogP contribution in [0.1, 0.15) is 5.69 Å². The first kappa shape index (κ1) is 27.0. The summed E-state index contributed by atoms with van der Waals surface area (Å²) in [5.74, 6) is -2.05. The molecule has 2 amide bonds. The quantitative estimate of drug-likeness (QED) is 0.137. The monoisotopic (exact) mass is 591 g/mol. The minimum absolute atomic E-state index is 0.0565. The minimum Gasteiger partial charge on any atom is -0.480 e. The number of halogens is 1. The van der Waals surface area contributed by atoms with Gasteiger partial charge in [0.1, 0.15) is 40.2 Å². The minimum atomic E-state index is -1.33. The molecule has 4 heterocycles. The molecule has 2 saturated heterocycles. The number of anilines is 1. The summed E-state index contributed by atoms with van der Waals surface area (Å²) >= 11 is 3.48. The van der Waals surface area contributed by atoms with Crippen LogP contribution in [0, 0.1) is 0 Å². The average Bonchev–Trinajstić information content (AvgIpc) is 3.58. The first-order chi connectivity index (χ1) is 18.8. The number of nitrogens with two attached hydrogens (primary N) is 1. The Morgan fingerprint density at radius 2 is 2.13 bits per heavy atom. The Hall–Kier alpha value is -3.63. The molecule has 5 rings (SSSR count). The number of nitrogen functional groups attached to an aromatic ring is 1. The maximum atomic E-state index is 13.1. The third-order valence-corrected chi connectivity index (χ3v) is 9.68. The van der Waals surface area contributed by atoms with Gasteiger partial charge in [-0.1, -0.05) is 35.1 Å². The summed E-state index contributed by atoms with van der Waals surface area (Å²) in [5, 5.41) is 22.7. The fraction of sp³-hybridized carbons (Fsp3) is 0.304. The van der Waals surface area contributed by atoms with E-state index in [2.05, 4.69) is 20.6 Å². The normalized spacial score (nSPS) is 22.6. The predicted octanol–water partition coefficient (Wildman–Crippen LogP) is 1.62. The number of alkyl halides is 1. The third-order valence-electron chi connectivity index (χ3n) is 5.94. The molecule has 0 aliphatic carbocycles. The summed E-state index contributed by atoms with van der Waals surface area (Å²) in [4.78, 5) is 48.9. The molecule has 3 aromatic rings. The second kappa shape index (κ2) is 11.2. The molecule has 2 aliphatic heterocycles. The van der Waals surface area contributed by atoms with Crippen LogP contribution in [0.5, 0.6) is 0 Å². The first-order valence-electron chi connectivity index (χ1n) is 11.5. The average molecular weight is 592 g/mol. The molecule has 39 heavy (non-hydrogen) atoms. The van der Waals surface area contributed by atoms with Gasteiger partial charge in [-0.25, -0.2) is 14.1 Å². The van der Waals surface area contributed by atoms with E-state index in [0.29, 0.717) is 5.03 Å². The van der Waals surface area contributed by atoms with Gasteiger partial charge in [0.2, 0.25) is 5.91 Å². The Balaban J connectivity index is 1.30. The third kappa shape index (κ3) is 5.31. The van der Waals surface area contributed by atoms with E-state index >= 15 is 0 Å². The molecule has 12 nitrogen and oxygen atoms in total. The van der Waals surface area contributed by atoms with Crippen molar-refractivity contribution in [1.29, 1.82) is 0 Å². The molecular weight excluding hydrogens is 569 g/mol. The van der Waals surface area contributed by atoms with E-state index in [-0.39, 0.29) is 35.4 Å². The van der Waals surface area contributed by atoms with Crippen LogP contribution in [0.25, 0.3) is 5.69 Å². The number of amides is 2. The topological polar surface area (TPSA) is 165 Å². The van der Waals surface area contributed by atoms with Crippen LogP contribution in [0.3, 0.4) is 0 Å². The number of nitrogens with zero attached hydrogens (tertiary/aromatic N) is 5. The lowest BCUT2D eigenvalue weighted by molar-refractivity contribution is -0.151. The molecule has 0 spiro atoms. The van der Waals surface area contributed by atoms with Gasteiger partial charge in [-0.05, 0) is 18.2 Å². The summed E-state index contributed by atoms with van der Waals surface area (Å²) < 4.78 is 12.8. The number of β-lactam (4-membered cyclic amide) rings is 1. The number of thioether (sulfide) groups is 2. The number of aromatic nitrogens is 3. The lowest BCUT2D eigenvalue weighted by Gasteiger charge is -2.53. The number of carbonyl (C=O) groups excluding carboxylic acids is 2. The van der Waals surface area contributed by atoms with Crippen LogP contribution < -0.4 is 11.1 Å². The number of rotatable bonds is 10. The van der Waals surface area contributed by atoms with Crippen molar-refractivity contribution < 1.29 is 28.7 Å². The van der Waals surface area contributed by atoms with Crippen LogP contribution in [0.15, 0.2) is 58.2 Å². The molecule has 0 radical (unpaired) electrons. The fourth-order valence-corrected chi connectivity index (χ4v) is 7.51. The Morgan fingerprint density at radius 1 is 1.33 bits per heavy atom. The van der Waals surface area contributed by atoms with Gasteiger partial charge in [-0.2, -0.15) is 5.10 Å². The number of oxime groups is 1. The highest BCUT2D eigenvalue weighted by Crippen LogP contribution is 2.46. The van der Waals surface area contributed by atoms with Gasteiger partial charge in [-0.3, -0.25) is 14.4 Å². The van der Waals surface area contributed by atoms with Gasteiger partial charge in [-0.15, -0.1) is 23.1 Å². The Morgan fingerprint density at radius 3 is 2.82 bits per heavy atom.